The summed E-state index contributed by atoms with van der Waals surface area (Å²) >= 11 is 1.84. The van der Waals surface area contributed by atoms with Crippen LogP contribution in [0, 0.1) is 6.92 Å². The number of aryl methyl sites for hydroxylation is 1. The number of hydrogen-bond acceptors (Lipinski definition) is 7. The molecule has 1 aliphatic heterocycles. The monoisotopic (exact) mass is 432 g/mol. The molecule has 0 radical (unpaired) electrons. The smallest absolute Gasteiger partial charge is 0.232 e. The number of nitrogens with one attached hydrogen (secondary N) is 2. The Bertz CT molecular complexity index is 1160. The average molecular weight is 433 g/mol. The van der Waals surface area contributed by atoms with Gasteiger partial charge in [0.15, 0.2) is 5.82 Å². The van der Waals surface area contributed by atoms with Crippen molar-refractivity contribution in [2.75, 3.05) is 24.1 Å². The molecule has 0 amide bonds. The van der Waals surface area contributed by atoms with Gasteiger partial charge in [-0.2, -0.15) is 15.0 Å². The fourth-order valence-electron chi connectivity index (χ4n) is 4.14. The molecule has 31 heavy (non-hydrogen) atoms. The molecule has 0 aliphatic carbocycles. The lowest BCUT2D eigenvalue weighted by atomic mass is 9.97. The summed E-state index contributed by atoms with van der Waals surface area (Å²) in [5, 5.41) is 4.55. The number of likely N-dealkylation sites (tertiary alicyclic amines) is 1. The molecule has 0 saturated carbocycles. The van der Waals surface area contributed by atoms with Crippen LogP contribution in [0.2, 0.25) is 0 Å². The van der Waals surface area contributed by atoms with Gasteiger partial charge in [0, 0.05) is 24.4 Å². The van der Waals surface area contributed by atoms with Crippen molar-refractivity contribution in [2.24, 2.45) is 0 Å². The minimum Gasteiger partial charge on any atom is -0.368 e. The Balaban J connectivity index is 1.24. The molecule has 4 N–H and O–H groups in total. The van der Waals surface area contributed by atoms with Crippen LogP contribution in [0.15, 0.2) is 48.5 Å². The fraction of sp³-hybridized carbons (Fsp3) is 0.304. The molecule has 0 atom stereocenters. The van der Waals surface area contributed by atoms with Crippen LogP contribution in [-0.2, 0) is 6.54 Å². The summed E-state index contributed by atoms with van der Waals surface area (Å²) in [4.78, 5) is 19.6. The second-order valence-corrected chi connectivity index (χ2v) is 9.16. The molecule has 1 saturated heterocycles. The third-order valence-corrected chi connectivity index (χ3v) is 7.05. The Labute approximate surface area is 185 Å². The number of nitrogen functional groups attached to an aromatic ring is 1. The summed E-state index contributed by atoms with van der Waals surface area (Å²) < 4.78 is 1.28. The quantitative estimate of drug-likeness (QED) is 0.449. The zero-order valence-electron chi connectivity index (χ0n) is 17.5. The predicted octanol–water partition coefficient (Wildman–Crippen LogP) is 3.08. The first-order valence-electron chi connectivity index (χ1n) is 10.7. The van der Waals surface area contributed by atoms with E-state index < -0.39 is 0 Å². The van der Waals surface area contributed by atoms with Crippen molar-refractivity contribution in [1.29, 1.82) is 0 Å². The van der Waals surface area contributed by atoms with Gasteiger partial charge in [0.25, 0.3) is 0 Å². The van der Waals surface area contributed by atoms with Gasteiger partial charge in [-0.25, -0.2) is 4.98 Å². The number of para-hydroxylation sites is 2. The van der Waals surface area contributed by atoms with E-state index in [1.165, 1.54) is 14.6 Å². The molecule has 3 heterocycles. The Morgan fingerprint density at radius 3 is 2.58 bits per heavy atom. The van der Waals surface area contributed by atoms with Crippen molar-refractivity contribution >= 4 is 39.1 Å². The lowest BCUT2D eigenvalue weighted by Crippen LogP contribution is -3.11. The van der Waals surface area contributed by atoms with Crippen LogP contribution in [-0.4, -0.2) is 33.0 Å². The van der Waals surface area contributed by atoms with E-state index in [-0.39, 0.29) is 5.95 Å². The molecule has 0 unspecified atom stereocenters. The highest BCUT2D eigenvalue weighted by Gasteiger charge is 2.26. The molecule has 158 valence electrons. The molecule has 0 bridgehead atoms. The lowest BCUT2D eigenvalue weighted by molar-refractivity contribution is -0.919. The van der Waals surface area contributed by atoms with Crippen molar-refractivity contribution in [3.05, 3.63) is 64.9 Å². The van der Waals surface area contributed by atoms with Gasteiger partial charge in [-0.15, -0.1) is 11.3 Å². The van der Waals surface area contributed by atoms with Gasteiger partial charge >= 0.3 is 0 Å². The second-order valence-electron chi connectivity index (χ2n) is 8.09. The molecule has 1 aliphatic rings. The predicted molar refractivity (Wildman–Crippen MR) is 125 cm³/mol. The zero-order chi connectivity index (χ0) is 21.2. The largest absolute Gasteiger partial charge is 0.368 e. The van der Waals surface area contributed by atoms with E-state index in [2.05, 4.69) is 44.5 Å². The fourth-order valence-corrected chi connectivity index (χ4v) is 5.28. The number of nitrogens with zero attached hydrogens (tertiary/aromatic N) is 4. The number of hydrogen-bond donors (Lipinski definition) is 3. The summed E-state index contributed by atoms with van der Waals surface area (Å²) in [7, 11) is 0. The van der Waals surface area contributed by atoms with Gasteiger partial charge in [0.1, 0.15) is 6.54 Å². The number of fused-ring (bicyclic) bond motifs is 1. The molecule has 2 aromatic heterocycles. The maximum Gasteiger partial charge on any atom is 0.232 e. The van der Waals surface area contributed by atoms with Crippen molar-refractivity contribution in [1.82, 2.24) is 19.9 Å². The van der Waals surface area contributed by atoms with Gasteiger partial charge in [0.05, 0.1) is 28.3 Å². The highest BCUT2D eigenvalue weighted by Crippen LogP contribution is 2.31. The van der Waals surface area contributed by atoms with E-state index in [4.69, 9.17) is 10.7 Å². The minimum absolute atomic E-state index is 0.254. The molecule has 8 heteroatoms. The van der Waals surface area contributed by atoms with Crippen molar-refractivity contribution < 1.29 is 4.90 Å². The maximum absolute atomic E-state index is 5.97. The first-order valence-corrected chi connectivity index (χ1v) is 11.5. The van der Waals surface area contributed by atoms with Gasteiger partial charge in [-0.1, -0.05) is 30.3 Å². The van der Waals surface area contributed by atoms with Crippen LogP contribution in [0.3, 0.4) is 0 Å². The topological polar surface area (TPSA) is 94.0 Å². The standard InChI is InChI=1S/C23H25N7S/c1-15-6-2-3-7-17(15)26-23-28-20(27-22(24)29-23)14-30-12-10-16(11-13-30)21-25-18-8-4-5-9-19(18)31-21/h2-9,16H,10-14H2,1H3,(H3,24,26,27,28,29)/p+1. The van der Waals surface area contributed by atoms with Crippen molar-refractivity contribution in [3.8, 4) is 0 Å². The number of piperidine rings is 1. The van der Waals surface area contributed by atoms with Gasteiger partial charge in [-0.3, -0.25) is 0 Å². The number of benzene rings is 2. The van der Waals surface area contributed by atoms with Crippen molar-refractivity contribution in [2.45, 2.75) is 32.2 Å². The highest BCUT2D eigenvalue weighted by molar-refractivity contribution is 7.18. The van der Waals surface area contributed by atoms with E-state index in [9.17, 15) is 0 Å². The van der Waals surface area contributed by atoms with Crippen LogP contribution >= 0.6 is 11.3 Å². The molecule has 7 nitrogen and oxygen atoms in total. The zero-order valence-corrected chi connectivity index (χ0v) is 18.3. The number of rotatable bonds is 5. The summed E-state index contributed by atoms with van der Waals surface area (Å²) in [6.07, 6.45) is 2.26. The van der Waals surface area contributed by atoms with E-state index >= 15 is 0 Å². The van der Waals surface area contributed by atoms with E-state index in [1.807, 2.05) is 42.5 Å². The van der Waals surface area contributed by atoms with Crippen LogP contribution < -0.4 is 16.0 Å². The number of thiazole rings is 1. The summed E-state index contributed by atoms with van der Waals surface area (Å²) in [5.74, 6) is 2.03. The molecule has 4 aromatic rings. The Morgan fingerprint density at radius 2 is 1.77 bits per heavy atom. The number of nitrogens with two attached hydrogens (primary N) is 1. The third-order valence-electron chi connectivity index (χ3n) is 5.85. The van der Waals surface area contributed by atoms with Crippen LogP contribution in [0.25, 0.3) is 10.2 Å². The maximum atomic E-state index is 5.97. The Hall–Kier alpha value is -3.10. The van der Waals surface area contributed by atoms with Crippen LogP contribution in [0.5, 0.6) is 0 Å². The third kappa shape index (κ3) is 4.50. The number of aromatic nitrogens is 4. The average Bonchev–Trinajstić information content (AvgIpc) is 3.20. The first kappa shape index (κ1) is 19.8. The molecule has 0 spiro atoms. The number of anilines is 3. The molecule has 5 rings (SSSR count). The van der Waals surface area contributed by atoms with Crippen LogP contribution in [0.1, 0.15) is 35.2 Å². The summed E-state index contributed by atoms with van der Waals surface area (Å²) in [6.45, 7) is 4.95. The normalized spacial score (nSPS) is 18.9. The van der Waals surface area contributed by atoms with Gasteiger partial charge in [-0.05, 0) is 30.7 Å². The van der Waals surface area contributed by atoms with E-state index in [1.54, 1.807) is 0 Å². The summed E-state index contributed by atoms with van der Waals surface area (Å²) in [6, 6.07) is 16.4. The Kier molecular flexibility index (Phi) is 5.48. The molecular weight excluding hydrogens is 406 g/mol. The SMILES string of the molecule is Cc1ccccc1Nc1nc(N)nc(C[NH+]2CCC(c3nc4ccccc4s3)CC2)n1. The Morgan fingerprint density at radius 1 is 1.00 bits per heavy atom. The van der Waals surface area contributed by atoms with Gasteiger partial charge in [0.2, 0.25) is 11.9 Å². The first-order chi connectivity index (χ1) is 15.1. The number of quaternary nitrogens is 1. The molecular formula is C23H26N7S+. The van der Waals surface area contributed by atoms with Gasteiger partial charge < -0.3 is 16.0 Å². The minimum atomic E-state index is 0.254. The summed E-state index contributed by atoms with van der Waals surface area (Å²) in [5.41, 5.74) is 9.20. The lowest BCUT2D eigenvalue weighted by Gasteiger charge is -2.27. The highest BCUT2D eigenvalue weighted by atomic mass is 32.1. The molecule has 1 fully saturated rings. The van der Waals surface area contributed by atoms with Crippen LogP contribution in [0.4, 0.5) is 17.6 Å². The molecule has 2 aromatic carbocycles. The van der Waals surface area contributed by atoms with E-state index in [0.29, 0.717) is 11.9 Å². The van der Waals surface area contributed by atoms with E-state index in [0.717, 1.165) is 55.1 Å². The second kappa shape index (κ2) is 8.56. The van der Waals surface area contributed by atoms with Crippen molar-refractivity contribution in [3.63, 3.8) is 0 Å².